The van der Waals surface area contributed by atoms with Gasteiger partial charge >= 0.3 is 0 Å². The number of nitrogens with zero attached hydrogens (tertiary/aromatic N) is 1. The zero-order chi connectivity index (χ0) is 18.0. The molecular weight excluding hydrogens is 363 g/mol. The van der Waals surface area contributed by atoms with E-state index in [4.69, 9.17) is 28.9 Å². The number of halogens is 2. The highest BCUT2D eigenvalue weighted by Gasteiger charge is 2.32. The molecule has 3 rings (SSSR count). The topological polar surface area (TPSA) is 101 Å². The first-order chi connectivity index (χ1) is 11.9. The largest absolute Gasteiger partial charge is 0.364 e. The molecule has 0 spiro atoms. The smallest absolute Gasteiger partial charge is 0.269 e. The second-order valence-corrected chi connectivity index (χ2v) is 7.07. The van der Waals surface area contributed by atoms with E-state index in [1.807, 2.05) is 6.07 Å². The number of benzene rings is 1. The van der Waals surface area contributed by atoms with Gasteiger partial charge in [0.1, 0.15) is 5.69 Å². The molecule has 0 unspecified atom stereocenters. The van der Waals surface area contributed by atoms with Gasteiger partial charge < -0.3 is 11.1 Å². The summed E-state index contributed by atoms with van der Waals surface area (Å²) in [6.07, 6.45) is 2.65. The average molecular weight is 381 g/mol. The number of nitrogens with one attached hydrogen (secondary N) is 2. The Balaban J connectivity index is 1.42. The van der Waals surface area contributed by atoms with Crippen molar-refractivity contribution in [2.75, 3.05) is 0 Å². The molecule has 132 valence electrons. The molecule has 0 saturated heterocycles. The van der Waals surface area contributed by atoms with Gasteiger partial charge in [0.05, 0.1) is 10.0 Å². The van der Waals surface area contributed by atoms with Crippen molar-refractivity contribution in [1.29, 1.82) is 0 Å². The Morgan fingerprint density at radius 2 is 2.00 bits per heavy atom. The van der Waals surface area contributed by atoms with E-state index in [0.29, 0.717) is 22.9 Å². The highest BCUT2D eigenvalue weighted by atomic mass is 35.5. The van der Waals surface area contributed by atoms with Crippen molar-refractivity contribution < 1.29 is 9.59 Å². The fraction of sp³-hybridized carbons (Fsp3) is 0.353. The predicted molar refractivity (Wildman–Crippen MR) is 95.8 cm³/mol. The predicted octanol–water partition coefficient (Wildman–Crippen LogP) is 2.81. The van der Waals surface area contributed by atoms with Gasteiger partial charge in [-0.25, -0.2) is 0 Å². The monoisotopic (exact) mass is 380 g/mol. The molecule has 2 aromatic rings. The number of primary amides is 1. The summed E-state index contributed by atoms with van der Waals surface area (Å²) in [6.45, 7) is 0. The second-order valence-electron chi connectivity index (χ2n) is 6.25. The van der Waals surface area contributed by atoms with Crippen molar-refractivity contribution in [3.63, 3.8) is 0 Å². The number of hydrogen-bond donors (Lipinski definition) is 3. The van der Waals surface area contributed by atoms with Gasteiger partial charge in [-0.3, -0.25) is 14.7 Å². The van der Waals surface area contributed by atoms with Crippen molar-refractivity contribution in [2.24, 2.45) is 5.73 Å². The molecule has 1 aromatic heterocycles. The Bertz CT molecular complexity index is 800. The van der Waals surface area contributed by atoms with E-state index in [0.717, 1.165) is 24.1 Å². The van der Waals surface area contributed by atoms with Crippen LogP contribution in [-0.2, 0) is 11.2 Å². The summed E-state index contributed by atoms with van der Waals surface area (Å²) in [7, 11) is 0. The molecule has 0 radical (unpaired) electrons. The van der Waals surface area contributed by atoms with Crippen LogP contribution in [0, 0.1) is 0 Å². The number of aryl methyl sites for hydroxylation is 1. The number of hydrogen-bond acceptors (Lipinski definition) is 3. The molecule has 1 fully saturated rings. The maximum absolute atomic E-state index is 12.1. The number of rotatable bonds is 6. The van der Waals surface area contributed by atoms with Crippen LogP contribution in [0.25, 0.3) is 0 Å². The number of aromatic nitrogens is 2. The standard InChI is InChI=1S/C17H18Cl2N4O2/c18-12-3-1-9(5-13(12)19)2-4-16(24)21-11-6-10(7-11)14-8-15(17(20)25)23-22-14/h1,3,5,8,10-11H,2,4,6-7H2,(H2,20,25)(H,21,24)(H,22,23). The van der Waals surface area contributed by atoms with Crippen molar-refractivity contribution in [2.45, 2.75) is 37.6 Å². The van der Waals surface area contributed by atoms with Crippen LogP contribution in [0.1, 0.15) is 46.9 Å². The summed E-state index contributed by atoms with van der Waals surface area (Å²) in [4.78, 5) is 23.1. The van der Waals surface area contributed by atoms with Gasteiger partial charge in [0.25, 0.3) is 5.91 Å². The van der Waals surface area contributed by atoms with Crippen LogP contribution in [-0.4, -0.2) is 28.1 Å². The van der Waals surface area contributed by atoms with Crippen LogP contribution in [0.2, 0.25) is 10.0 Å². The normalized spacial score (nSPS) is 19.3. The first kappa shape index (κ1) is 17.8. The maximum Gasteiger partial charge on any atom is 0.269 e. The van der Waals surface area contributed by atoms with Gasteiger partial charge in [0, 0.05) is 24.1 Å². The van der Waals surface area contributed by atoms with E-state index in [-0.39, 0.29) is 23.6 Å². The minimum Gasteiger partial charge on any atom is -0.364 e. The Morgan fingerprint density at radius 1 is 1.24 bits per heavy atom. The number of nitrogens with two attached hydrogens (primary N) is 1. The lowest BCUT2D eigenvalue weighted by atomic mass is 9.78. The third-order valence-electron chi connectivity index (χ3n) is 4.42. The Kier molecular flexibility index (Phi) is 5.30. The van der Waals surface area contributed by atoms with E-state index >= 15 is 0 Å². The second kappa shape index (κ2) is 7.45. The highest BCUT2D eigenvalue weighted by Crippen LogP contribution is 2.36. The lowest BCUT2D eigenvalue weighted by Crippen LogP contribution is -2.43. The van der Waals surface area contributed by atoms with Crippen LogP contribution in [0.5, 0.6) is 0 Å². The van der Waals surface area contributed by atoms with Crippen LogP contribution in [0.4, 0.5) is 0 Å². The van der Waals surface area contributed by atoms with E-state index in [2.05, 4.69) is 15.5 Å². The van der Waals surface area contributed by atoms with Crippen molar-refractivity contribution in [3.05, 3.63) is 51.3 Å². The van der Waals surface area contributed by atoms with Crippen LogP contribution >= 0.6 is 23.2 Å². The fourth-order valence-electron chi connectivity index (χ4n) is 2.91. The van der Waals surface area contributed by atoms with Crippen molar-refractivity contribution in [1.82, 2.24) is 15.5 Å². The molecular formula is C17H18Cl2N4O2. The molecule has 25 heavy (non-hydrogen) atoms. The summed E-state index contributed by atoms with van der Waals surface area (Å²) >= 11 is 11.8. The van der Waals surface area contributed by atoms with Crippen LogP contribution in [0.15, 0.2) is 24.3 Å². The number of carbonyl (C=O) groups excluding carboxylic acids is 2. The summed E-state index contributed by atoms with van der Waals surface area (Å²) in [6, 6.07) is 7.21. The van der Waals surface area contributed by atoms with E-state index in [9.17, 15) is 9.59 Å². The highest BCUT2D eigenvalue weighted by molar-refractivity contribution is 6.42. The first-order valence-corrected chi connectivity index (χ1v) is 8.76. The van der Waals surface area contributed by atoms with Gasteiger partial charge in [0.2, 0.25) is 5.91 Å². The average Bonchev–Trinajstić information content (AvgIpc) is 3.01. The molecule has 4 N–H and O–H groups in total. The van der Waals surface area contributed by atoms with Crippen molar-refractivity contribution >= 4 is 35.0 Å². The fourth-order valence-corrected chi connectivity index (χ4v) is 3.24. The summed E-state index contributed by atoms with van der Waals surface area (Å²) in [5.41, 5.74) is 7.29. The molecule has 1 aliphatic rings. The van der Waals surface area contributed by atoms with Crippen LogP contribution in [0.3, 0.4) is 0 Å². The van der Waals surface area contributed by atoms with Gasteiger partial charge in [-0.2, -0.15) is 5.10 Å². The van der Waals surface area contributed by atoms with Gasteiger partial charge in [-0.15, -0.1) is 0 Å². The lowest BCUT2D eigenvalue weighted by molar-refractivity contribution is -0.122. The Morgan fingerprint density at radius 3 is 2.64 bits per heavy atom. The van der Waals surface area contributed by atoms with Gasteiger partial charge in [-0.1, -0.05) is 29.3 Å². The summed E-state index contributed by atoms with van der Waals surface area (Å²) < 4.78 is 0. The molecule has 1 saturated carbocycles. The number of H-pyrrole nitrogens is 1. The third kappa shape index (κ3) is 4.32. The van der Waals surface area contributed by atoms with Crippen LogP contribution < -0.4 is 11.1 Å². The maximum atomic E-state index is 12.1. The van der Waals surface area contributed by atoms with Gasteiger partial charge in [-0.05, 0) is 43.0 Å². The molecule has 8 heteroatoms. The van der Waals surface area contributed by atoms with Gasteiger partial charge in [0.15, 0.2) is 0 Å². The number of aromatic amines is 1. The Labute approximate surface area is 155 Å². The zero-order valence-electron chi connectivity index (χ0n) is 13.4. The number of amides is 2. The molecule has 6 nitrogen and oxygen atoms in total. The zero-order valence-corrected chi connectivity index (χ0v) is 14.9. The lowest BCUT2D eigenvalue weighted by Gasteiger charge is -2.35. The molecule has 2 amide bonds. The third-order valence-corrected chi connectivity index (χ3v) is 5.16. The molecule has 0 atom stereocenters. The van der Waals surface area contributed by atoms with E-state index < -0.39 is 5.91 Å². The van der Waals surface area contributed by atoms with Crippen molar-refractivity contribution in [3.8, 4) is 0 Å². The number of carbonyl (C=O) groups is 2. The molecule has 0 aliphatic heterocycles. The quantitative estimate of drug-likeness (QED) is 0.717. The Hall–Kier alpha value is -2.05. The SMILES string of the molecule is NC(=O)c1cc(C2CC(NC(=O)CCc3ccc(Cl)c(Cl)c3)C2)[nH]n1. The molecule has 1 heterocycles. The van der Waals surface area contributed by atoms with E-state index in [1.165, 1.54) is 0 Å². The minimum absolute atomic E-state index is 0.0111. The molecule has 0 bridgehead atoms. The minimum atomic E-state index is -0.547. The van der Waals surface area contributed by atoms with E-state index in [1.54, 1.807) is 18.2 Å². The first-order valence-electron chi connectivity index (χ1n) is 8.00. The molecule has 1 aromatic carbocycles. The molecule has 1 aliphatic carbocycles. The summed E-state index contributed by atoms with van der Waals surface area (Å²) in [5.74, 6) is -0.271. The summed E-state index contributed by atoms with van der Waals surface area (Å²) in [5, 5.41) is 10.7.